The minimum atomic E-state index is -0.883. The summed E-state index contributed by atoms with van der Waals surface area (Å²) in [4.78, 5) is 50.8. The van der Waals surface area contributed by atoms with Crippen molar-refractivity contribution in [3.8, 4) is 0 Å². The third-order valence-electron chi connectivity index (χ3n) is 6.78. The average molecular weight is 564 g/mol. The van der Waals surface area contributed by atoms with Crippen molar-refractivity contribution in [2.24, 2.45) is 11.8 Å². The SMILES string of the molecule is CCOC(=O)/C=C/[C@H](C[C@@H]1CCNC1=O)NC(=O)[C@H](CC(C)C)NC(=O)OC(Cc1ccccc1)c1ccccc1. The summed E-state index contributed by atoms with van der Waals surface area (Å²) in [6, 6.07) is 17.7. The summed E-state index contributed by atoms with van der Waals surface area (Å²) < 4.78 is 10.8. The molecule has 0 bridgehead atoms. The molecule has 0 aromatic heterocycles. The van der Waals surface area contributed by atoms with Crippen molar-refractivity contribution in [1.29, 1.82) is 0 Å². The molecule has 9 heteroatoms. The van der Waals surface area contributed by atoms with Gasteiger partial charge >= 0.3 is 12.1 Å². The van der Waals surface area contributed by atoms with Gasteiger partial charge in [-0.05, 0) is 43.2 Å². The van der Waals surface area contributed by atoms with Gasteiger partial charge in [0.15, 0.2) is 0 Å². The average Bonchev–Trinajstić information content (AvgIpc) is 3.35. The number of ether oxygens (including phenoxy) is 2. The molecule has 3 amide bonds. The molecule has 9 nitrogen and oxygen atoms in total. The molecule has 220 valence electrons. The van der Waals surface area contributed by atoms with E-state index in [1.807, 2.05) is 74.5 Å². The molecule has 3 rings (SSSR count). The summed E-state index contributed by atoms with van der Waals surface area (Å²) in [7, 11) is 0. The van der Waals surface area contributed by atoms with E-state index < -0.39 is 36.2 Å². The van der Waals surface area contributed by atoms with Gasteiger partial charge in [-0.2, -0.15) is 0 Å². The molecule has 0 spiro atoms. The Morgan fingerprint density at radius 2 is 1.71 bits per heavy atom. The van der Waals surface area contributed by atoms with E-state index in [0.717, 1.165) is 11.1 Å². The topological polar surface area (TPSA) is 123 Å². The predicted molar refractivity (Wildman–Crippen MR) is 156 cm³/mol. The first-order chi connectivity index (χ1) is 19.7. The van der Waals surface area contributed by atoms with E-state index in [1.54, 1.807) is 6.92 Å². The molecule has 1 aliphatic rings. The van der Waals surface area contributed by atoms with Gasteiger partial charge in [0.1, 0.15) is 12.1 Å². The largest absolute Gasteiger partial charge is 0.463 e. The Bertz CT molecular complexity index is 1170. The Labute approximate surface area is 242 Å². The molecular weight excluding hydrogens is 522 g/mol. The number of benzene rings is 2. The van der Waals surface area contributed by atoms with Crippen LogP contribution in [0.2, 0.25) is 0 Å². The van der Waals surface area contributed by atoms with Gasteiger partial charge in [-0.3, -0.25) is 9.59 Å². The van der Waals surface area contributed by atoms with E-state index in [2.05, 4.69) is 16.0 Å². The van der Waals surface area contributed by atoms with E-state index in [9.17, 15) is 19.2 Å². The third-order valence-corrected chi connectivity index (χ3v) is 6.78. The maximum atomic E-state index is 13.5. The number of carbonyl (C=O) groups is 4. The molecule has 2 aromatic rings. The summed E-state index contributed by atoms with van der Waals surface area (Å²) in [5.74, 6) is -1.24. The van der Waals surface area contributed by atoms with Crippen LogP contribution in [0.1, 0.15) is 57.3 Å². The number of carbonyl (C=O) groups excluding carboxylic acids is 4. The standard InChI is InChI=1S/C32H41N3O6/c1-4-40-29(36)16-15-26(21-25-17-18-33-30(25)37)34-31(38)27(19-22(2)3)35-32(39)41-28(24-13-9-6-10-14-24)20-23-11-7-5-8-12-23/h5-16,22,25-28H,4,17-21H2,1-3H3,(H,33,37)(H,34,38)(H,35,39)/b16-15+/t25-,26+,27-,28?/m0/s1. The van der Waals surface area contributed by atoms with Gasteiger partial charge in [0, 0.05) is 31.0 Å². The molecular formula is C32H41N3O6. The van der Waals surface area contributed by atoms with Crippen molar-refractivity contribution in [1.82, 2.24) is 16.0 Å². The molecule has 1 aliphatic heterocycles. The van der Waals surface area contributed by atoms with Crippen molar-refractivity contribution in [2.75, 3.05) is 13.2 Å². The van der Waals surface area contributed by atoms with Crippen LogP contribution in [0.15, 0.2) is 72.8 Å². The van der Waals surface area contributed by atoms with Crippen LogP contribution in [-0.4, -0.2) is 49.1 Å². The highest BCUT2D eigenvalue weighted by Crippen LogP contribution is 2.23. The molecule has 1 saturated heterocycles. The molecule has 4 atom stereocenters. The Morgan fingerprint density at radius 3 is 2.32 bits per heavy atom. The zero-order valence-electron chi connectivity index (χ0n) is 24.0. The molecule has 2 aromatic carbocycles. The molecule has 0 saturated carbocycles. The van der Waals surface area contributed by atoms with E-state index in [0.29, 0.717) is 32.2 Å². The minimum Gasteiger partial charge on any atom is -0.463 e. The van der Waals surface area contributed by atoms with Crippen LogP contribution in [0.5, 0.6) is 0 Å². The van der Waals surface area contributed by atoms with E-state index in [4.69, 9.17) is 9.47 Å². The highest BCUT2D eigenvalue weighted by molar-refractivity contribution is 5.87. The molecule has 1 fully saturated rings. The first kappa shape index (κ1) is 31.4. The smallest absolute Gasteiger partial charge is 0.408 e. The first-order valence-corrected chi connectivity index (χ1v) is 14.2. The third kappa shape index (κ3) is 10.7. The van der Waals surface area contributed by atoms with E-state index in [-0.39, 0.29) is 24.3 Å². The first-order valence-electron chi connectivity index (χ1n) is 14.2. The fourth-order valence-electron chi connectivity index (χ4n) is 4.76. The molecule has 1 heterocycles. The van der Waals surface area contributed by atoms with Crippen LogP contribution in [-0.2, 0) is 30.3 Å². The van der Waals surface area contributed by atoms with Crippen molar-refractivity contribution >= 4 is 23.9 Å². The van der Waals surface area contributed by atoms with Crippen molar-refractivity contribution in [2.45, 2.75) is 64.6 Å². The van der Waals surface area contributed by atoms with E-state index in [1.165, 1.54) is 12.2 Å². The lowest BCUT2D eigenvalue weighted by Gasteiger charge is -2.25. The molecule has 1 unspecified atom stereocenters. The van der Waals surface area contributed by atoms with Crippen molar-refractivity contribution in [3.05, 3.63) is 83.9 Å². The predicted octanol–water partition coefficient (Wildman–Crippen LogP) is 4.24. The van der Waals surface area contributed by atoms with Gasteiger partial charge in [0.25, 0.3) is 0 Å². The van der Waals surface area contributed by atoms with E-state index >= 15 is 0 Å². The summed E-state index contributed by atoms with van der Waals surface area (Å²) >= 11 is 0. The highest BCUT2D eigenvalue weighted by Gasteiger charge is 2.30. The number of hydrogen-bond donors (Lipinski definition) is 3. The number of rotatable bonds is 14. The maximum absolute atomic E-state index is 13.5. The quantitative estimate of drug-likeness (QED) is 0.233. The Kier molecular flexibility index (Phi) is 12.4. The van der Waals surface area contributed by atoms with Crippen LogP contribution in [0.3, 0.4) is 0 Å². The van der Waals surface area contributed by atoms with Crippen molar-refractivity contribution < 1.29 is 28.7 Å². The molecule has 0 radical (unpaired) electrons. The molecule has 3 N–H and O–H groups in total. The number of nitrogens with one attached hydrogen (secondary N) is 3. The number of hydrogen-bond acceptors (Lipinski definition) is 6. The molecule has 0 aliphatic carbocycles. The minimum absolute atomic E-state index is 0.0837. The Balaban J connectivity index is 1.72. The summed E-state index contributed by atoms with van der Waals surface area (Å²) in [6.07, 6.45) is 3.34. The second-order valence-electron chi connectivity index (χ2n) is 10.6. The normalized spacial score (nSPS) is 17.0. The summed E-state index contributed by atoms with van der Waals surface area (Å²) in [5, 5.41) is 8.47. The number of amides is 3. The highest BCUT2D eigenvalue weighted by atomic mass is 16.6. The van der Waals surface area contributed by atoms with Gasteiger partial charge in [0.2, 0.25) is 11.8 Å². The summed E-state index contributed by atoms with van der Waals surface area (Å²) in [6.45, 7) is 6.41. The second-order valence-corrected chi connectivity index (χ2v) is 10.6. The zero-order valence-corrected chi connectivity index (χ0v) is 24.0. The number of alkyl carbamates (subject to hydrolysis) is 1. The van der Waals surface area contributed by atoms with Crippen LogP contribution in [0.25, 0.3) is 0 Å². The Morgan fingerprint density at radius 1 is 1.02 bits per heavy atom. The lowest BCUT2D eigenvalue weighted by Crippen LogP contribution is -2.50. The molecule has 41 heavy (non-hydrogen) atoms. The van der Waals surface area contributed by atoms with Gasteiger partial charge in [-0.15, -0.1) is 0 Å². The van der Waals surface area contributed by atoms with Crippen LogP contribution in [0, 0.1) is 11.8 Å². The number of esters is 1. The second kappa shape index (κ2) is 16.2. The van der Waals surface area contributed by atoms with Gasteiger partial charge in [-0.1, -0.05) is 80.6 Å². The van der Waals surface area contributed by atoms with Crippen molar-refractivity contribution in [3.63, 3.8) is 0 Å². The van der Waals surface area contributed by atoms with Crippen LogP contribution < -0.4 is 16.0 Å². The lowest BCUT2D eigenvalue weighted by atomic mass is 9.97. The summed E-state index contributed by atoms with van der Waals surface area (Å²) in [5.41, 5.74) is 1.85. The fourth-order valence-corrected chi connectivity index (χ4v) is 4.76. The van der Waals surface area contributed by atoms with Gasteiger partial charge in [0.05, 0.1) is 6.61 Å². The fraction of sp³-hybridized carbons (Fsp3) is 0.438. The van der Waals surface area contributed by atoms with Gasteiger partial charge in [-0.25, -0.2) is 9.59 Å². The maximum Gasteiger partial charge on any atom is 0.408 e. The zero-order chi connectivity index (χ0) is 29.6. The monoisotopic (exact) mass is 563 g/mol. The van der Waals surface area contributed by atoms with Crippen LogP contribution >= 0.6 is 0 Å². The lowest BCUT2D eigenvalue weighted by molar-refractivity contribution is -0.137. The van der Waals surface area contributed by atoms with Gasteiger partial charge < -0.3 is 25.4 Å². The Hall–Kier alpha value is -4.14. The van der Waals surface area contributed by atoms with Crippen LogP contribution in [0.4, 0.5) is 4.79 Å².